The summed E-state index contributed by atoms with van der Waals surface area (Å²) >= 11 is 0. The molecule has 1 aliphatic carbocycles. The molecule has 0 heterocycles. The highest BCUT2D eigenvalue weighted by atomic mass is 16.5. The Labute approximate surface area is 163 Å². The van der Waals surface area contributed by atoms with Crippen LogP contribution in [-0.2, 0) is 9.53 Å². The molecule has 3 rings (SSSR count). The Balaban J connectivity index is 1.52. The molecule has 2 aromatic carbocycles. The van der Waals surface area contributed by atoms with E-state index in [1.807, 2.05) is 36.4 Å². The molecule has 1 amide bonds. The lowest BCUT2D eigenvalue weighted by Crippen LogP contribution is -2.44. The van der Waals surface area contributed by atoms with Crippen molar-refractivity contribution < 1.29 is 24.5 Å². The highest BCUT2D eigenvalue weighted by molar-refractivity contribution is 5.85. The number of ketones is 1. The van der Waals surface area contributed by atoms with Gasteiger partial charge in [-0.3, -0.25) is 4.79 Å². The number of nitrogens with two attached hydrogens (primary N) is 1. The first kappa shape index (κ1) is 20.0. The van der Waals surface area contributed by atoms with Crippen LogP contribution in [0.4, 0.5) is 4.79 Å². The topological polar surface area (TPSA) is 122 Å². The molecule has 28 heavy (non-hydrogen) atoms. The standard InChI is InChI=1S/C21H24N2O5/c22-20(19(26)11-24)18(25)9-10-23-21(27)28-12-17-15-7-3-1-5-13(15)14-6-2-4-8-16(14)17/h1-8,17,19-20,24,26H,9-12,22H2,(H,23,27)/t19-,20+/m1/s1. The Bertz CT molecular complexity index is 809. The van der Waals surface area contributed by atoms with Gasteiger partial charge in [0.2, 0.25) is 0 Å². The number of amides is 1. The van der Waals surface area contributed by atoms with Crippen molar-refractivity contribution in [2.24, 2.45) is 5.73 Å². The fourth-order valence-electron chi connectivity index (χ4n) is 3.43. The van der Waals surface area contributed by atoms with Gasteiger partial charge in [0.15, 0.2) is 5.78 Å². The van der Waals surface area contributed by atoms with Crippen LogP contribution in [0.3, 0.4) is 0 Å². The Morgan fingerprint density at radius 3 is 2.21 bits per heavy atom. The third kappa shape index (κ3) is 4.22. The SMILES string of the molecule is N[C@@H](C(=O)CCNC(=O)OCC1c2ccccc2-c2ccccc21)[C@H](O)CO. The van der Waals surface area contributed by atoms with Crippen LogP contribution in [0.2, 0.25) is 0 Å². The van der Waals surface area contributed by atoms with Crippen molar-refractivity contribution in [3.05, 3.63) is 59.7 Å². The third-order valence-corrected chi connectivity index (χ3v) is 4.96. The van der Waals surface area contributed by atoms with Crippen molar-refractivity contribution >= 4 is 11.9 Å². The number of fused-ring (bicyclic) bond motifs is 3. The summed E-state index contributed by atoms with van der Waals surface area (Å²) in [6, 6.07) is 14.9. The molecule has 148 valence electrons. The molecule has 0 saturated heterocycles. The second kappa shape index (κ2) is 8.97. The summed E-state index contributed by atoms with van der Waals surface area (Å²) in [5, 5.41) is 20.7. The molecule has 0 bridgehead atoms. The van der Waals surface area contributed by atoms with E-state index in [4.69, 9.17) is 15.6 Å². The Hall–Kier alpha value is -2.74. The number of nitrogens with one attached hydrogen (secondary N) is 1. The number of benzene rings is 2. The van der Waals surface area contributed by atoms with E-state index in [1.54, 1.807) is 0 Å². The van der Waals surface area contributed by atoms with Crippen LogP contribution in [-0.4, -0.2) is 54.0 Å². The normalized spacial score (nSPS) is 14.7. The number of aliphatic hydroxyl groups is 2. The predicted octanol–water partition coefficient (Wildman–Crippen LogP) is 1.16. The van der Waals surface area contributed by atoms with Gasteiger partial charge in [-0.15, -0.1) is 0 Å². The summed E-state index contributed by atoms with van der Waals surface area (Å²) in [5.41, 5.74) is 10.1. The average molecular weight is 384 g/mol. The lowest BCUT2D eigenvalue weighted by molar-refractivity contribution is -0.123. The quantitative estimate of drug-likeness (QED) is 0.542. The molecule has 5 N–H and O–H groups in total. The van der Waals surface area contributed by atoms with Gasteiger partial charge in [0, 0.05) is 18.9 Å². The van der Waals surface area contributed by atoms with Crippen LogP contribution in [0, 0.1) is 0 Å². The van der Waals surface area contributed by atoms with E-state index in [1.165, 1.54) is 0 Å². The first-order chi connectivity index (χ1) is 13.5. The monoisotopic (exact) mass is 384 g/mol. The molecule has 1 aliphatic rings. The Morgan fingerprint density at radius 1 is 1.07 bits per heavy atom. The first-order valence-electron chi connectivity index (χ1n) is 9.19. The second-order valence-electron chi connectivity index (χ2n) is 6.74. The molecule has 2 atom stereocenters. The summed E-state index contributed by atoms with van der Waals surface area (Å²) in [4.78, 5) is 23.8. The van der Waals surface area contributed by atoms with Crippen molar-refractivity contribution in [1.29, 1.82) is 0 Å². The first-order valence-corrected chi connectivity index (χ1v) is 9.19. The van der Waals surface area contributed by atoms with E-state index < -0.39 is 30.6 Å². The maximum atomic E-state index is 12.0. The average Bonchev–Trinajstić information content (AvgIpc) is 3.05. The van der Waals surface area contributed by atoms with Crippen molar-refractivity contribution in [3.8, 4) is 11.1 Å². The zero-order valence-electron chi connectivity index (χ0n) is 15.4. The summed E-state index contributed by atoms with van der Waals surface area (Å²) in [6.45, 7) is -0.357. The second-order valence-corrected chi connectivity index (χ2v) is 6.74. The van der Waals surface area contributed by atoms with E-state index in [-0.39, 0.29) is 25.5 Å². The number of carbonyl (C=O) groups is 2. The molecule has 0 radical (unpaired) electrons. The van der Waals surface area contributed by atoms with Gasteiger partial charge in [0.1, 0.15) is 6.61 Å². The zero-order valence-corrected chi connectivity index (χ0v) is 15.4. The lowest BCUT2D eigenvalue weighted by atomic mass is 9.98. The zero-order chi connectivity index (χ0) is 20.1. The number of aliphatic hydroxyl groups excluding tert-OH is 2. The molecular formula is C21H24N2O5. The largest absolute Gasteiger partial charge is 0.449 e. The summed E-state index contributed by atoms with van der Waals surface area (Å²) < 4.78 is 5.37. The van der Waals surface area contributed by atoms with Crippen LogP contribution in [0.1, 0.15) is 23.5 Å². The van der Waals surface area contributed by atoms with Gasteiger partial charge >= 0.3 is 6.09 Å². The molecule has 0 unspecified atom stereocenters. The van der Waals surface area contributed by atoms with Gasteiger partial charge < -0.3 is 26.0 Å². The number of hydrogen-bond acceptors (Lipinski definition) is 6. The van der Waals surface area contributed by atoms with Crippen LogP contribution in [0.5, 0.6) is 0 Å². The van der Waals surface area contributed by atoms with Crippen LogP contribution < -0.4 is 11.1 Å². The van der Waals surface area contributed by atoms with E-state index in [9.17, 15) is 14.7 Å². The van der Waals surface area contributed by atoms with E-state index >= 15 is 0 Å². The minimum atomic E-state index is -1.30. The summed E-state index contributed by atoms with van der Waals surface area (Å²) in [6.07, 6.45) is -1.98. The summed E-state index contributed by atoms with van der Waals surface area (Å²) in [5.74, 6) is -0.478. The minimum absolute atomic E-state index is 0.0343. The highest BCUT2D eigenvalue weighted by Gasteiger charge is 2.29. The third-order valence-electron chi connectivity index (χ3n) is 4.96. The van der Waals surface area contributed by atoms with Gasteiger partial charge in [-0.05, 0) is 22.3 Å². The van der Waals surface area contributed by atoms with Crippen LogP contribution in [0.15, 0.2) is 48.5 Å². The number of rotatable bonds is 8. The number of Topliss-reactive ketones (excluding diaryl/α,β-unsaturated/α-hetero) is 1. The van der Waals surface area contributed by atoms with Crippen LogP contribution in [0.25, 0.3) is 11.1 Å². The molecule has 0 aliphatic heterocycles. The number of ether oxygens (including phenoxy) is 1. The molecule has 7 nitrogen and oxygen atoms in total. The van der Waals surface area contributed by atoms with Crippen LogP contribution >= 0.6 is 0 Å². The highest BCUT2D eigenvalue weighted by Crippen LogP contribution is 2.44. The molecule has 0 aromatic heterocycles. The van der Waals surface area contributed by atoms with Gasteiger partial charge in [-0.2, -0.15) is 0 Å². The molecule has 7 heteroatoms. The minimum Gasteiger partial charge on any atom is -0.449 e. The maximum absolute atomic E-state index is 12.0. The fraction of sp³-hybridized carbons (Fsp3) is 0.333. The summed E-state index contributed by atoms with van der Waals surface area (Å²) in [7, 11) is 0. The van der Waals surface area contributed by atoms with Crippen molar-refractivity contribution in [1.82, 2.24) is 5.32 Å². The molecule has 0 saturated carbocycles. The van der Waals surface area contributed by atoms with Crippen molar-refractivity contribution in [2.45, 2.75) is 24.5 Å². The number of hydrogen-bond donors (Lipinski definition) is 4. The molecule has 0 spiro atoms. The lowest BCUT2D eigenvalue weighted by Gasteiger charge is -2.16. The van der Waals surface area contributed by atoms with E-state index in [0.29, 0.717) is 0 Å². The molecule has 2 aromatic rings. The van der Waals surface area contributed by atoms with Gasteiger partial charge in [0.05, 0.1) is 18.8 Å². The Kier molecular flexibility index (Phi) is 6.41. The maximum Gasteiger partial charge on any atom is 0.407 e. The predicted molar refractivity (Wildman–Crippen MR) is 104 cm³/mol. The van der Waals surface area contributed by atoms with Gasteiger partial charge in [-0.1, -0.05) is 48.5 Å². The molecular weight excluding hydrogens is 360 g/mol. The molecule has 0 fully saturated rings. The van der Waals surface area contributed by atoms with E-state index in [0.717, 1.165) is 22.3 Å². The van der Waals surface area contributed by atoms with Gasteiger partial charge in [0.25, 0.3) is 0 Å². The fourth-order valence-corrected chi connectivity index (χ4v) is 3.43. The van der Waals surface area contributed by atoms with Gasteiger partial charge in [-0.25, -0.2) is 4.79 Å². The number of alkyl carbamates (subject to hydrolysis) is 1. The Morgan fingerprint density at radius 2 is 1.64 bits per heavy atom. The smallest absolute Gasteiger partial charge is 0.407 e. The number of carbonyl (C=O) groups excluding carboxylic acids is 2. The van der Waals surface area contributed by atoms with E-state index in [2.05, 4.69) is 17.4 Å². The van der Waals surface area contributed by atoms with Crippen molar-refractivity contribution in [3.63, 3.8) is 0 Å². The van der Waals surface area contributed by atoms with Crippen molar-refractivity contribution in [2.75, 3.05) is 19.8 Å².